The zero-order chi connectivity index (χ0) is 32.9. The van der Waals surface area contributed by atoms with E-state index in [9.17, 15) is 17.6 Å². The van der Waals surface area contributed by atoms with E-state index in [1.165, 1.54) is 6.07 Å². The number of H-pyrrole nitrogens is 1. The number of anilines is 1. The molecule has 2 saturated heterocycles. The van der Waals surface area contributed by atoms with Crippen molar-refractivity contribution in [2.45, 2.75) is 57.2 Å². The molecule has 1 N–H and O–H groups in total. The predicted octanol–water partition coefficient (Wildman–Crippen LogP) is 6.32. The molecule has 2 aromatic carbocycles. The number of benzene rings is 2. The average molecular weight is 674 g/mol. The van der Waals surface area contributed by atoms with Crippen LogP contribution in [0, 0.1) is 5.82 Å². The molecule has 2 aromatic heterocycles. The molecule has 5 heterocycles. The van der Waals surface area contributed by atoms with Gasteiger partial charge < -0.3 is 19.1 Å². The van der Waals surface area contributed by atoms with E-state index in [4.69, 9.17) is 25.8 Å². The number of aromatic nitrogens is 5. The molecule has 0 bridgehead atoms. The molecule has 248 valence electrons. The van der Waals surface area contributed by atoms with Gasteiger partial charge in [-0.1, -0.05) is 23.7 Å². The molecule has 15 heteroatoms. The number of alkyl halides is 3. The zero-order valence-electron chi connectivity index (χ0n) is 25.7. The number of nitrogens with zero attached hydrogens (tertiary/aromatic N) is 6. The van der Waals surface area contributed by atoms with E-state index in [1.54, 1.807) is 25.1 Å². The molecule has 4 aromatic rings. The molecule has 47 heavy (non-hydrogen) atoms. The Labute approximate surface area is 273 Å². The number of fused-ring (bicyclic) bond motifs is 1. The second-order valence-corrected chi connectivity index (χ2v) is 12.6. The summed E-state index contributed by atoms with van der Waals surface area (Å²) in [7, 11) is 0. The van der Waals surface area contributed by atoms with Gasteiger partial charge in [0.25, 0.3) is 5.79 Å². The lowest BCUT2D eigenvalue weighted by atomic mass is 9.88. The highest BCUT2D eigenvalue weighted by Gasteiger charge is 2.43. The summed E-state index contributed by atoms with van der Waals surface area (Å²) in [4.78, 5) is 8.01. The van der Waals surface area contributed by atoms with E-state index in [-0.39, 0.29) is 29.1 Å². The van der Waals surface area contributed by atoms with Crippen LogP contribution in [-0.4, -0.2) is 69.2 Å². The minimum Gasteiger partial charge on any atom is -0.444 e. The fraction of sp³-hybridized carbons (Fsp3) is 0.438. The first-order chi connectivity index (χ1) is 22.5. The molecule has 7 rings (SSSR count). The molecule has 3 aliphatic heterocycles. The maximum absolute atomic E-state index is 14.8. The van der Waals surface area contributed by atoms with Crippen LogP contribution in [0.25, 0.3) is 11.5 Å². The van der Waals surface area contributed by atoms with Crippen LogP contribution in [0.15, 0.2) is 42.5 Å². The van der Waals surface area contributed by atoms with Gasteiger partial charge in [-0.25, -0.2) is 9.37 Å². The fourth-order valence-electron chi connectivity index (χ4n) is 6.49. The Bertz CT molecular complexity index is 1780. The number of halogens is 5. The Hall–Kier alpha value is -4.01. The first kappa shape index (κ1) is 31.6. The minimum atomic E-state index is -4.65. The molecule has 0 aliphatic carbocycles. The number of hydrogen-bond donors (Lipinski definition) is 1. The minimum absolute atomic E-state index is 0.0267. The molecular formula is C32H32ClF4N7O3. The summed E-state index contributed by atoms with van der Waals surface area (Å²) in [5.41, 5.74) is 2.91. The predicted molar refractivity (Wildman–Crippen MR) is 164 cm³/mol. The first-order valence-electron chi connectivity index (χ1n) is 15.4. The topological polar surface area (TPSA) is 102 Å². The lowest BCUT2D eigenvalue weighted by Gasteiger charge is -2.36. The van der Waals surface area contributed by atoms with Gasteiger partial charge >= 0.3 is 6.18 Å². The number of morpholine rings is 1. The summed E-state index contributed by atoms with van der Waals surface area (Å²) in [5, 5.41) is 14.7. The standard InChI is InChI=1S/C32H32ClF4N7O3/c1-18-16-44(12-13-45-18)26-15-24(29-38-30(42-41-29)32(35,36)37)39-40-25(26)17-43-10-8-19(9-11-43)21-4-3-5-27-28(21)47-31(2,46-27)22-7-6-20(33)14-23(22)34/h3-7,14-15,18-19H,8-13,16-17H2,1-2H3,(H,38,41,42)/t18-,31-/m0/s1. The third-order valence-corrected chi connectivity index (χ3v) is 9.08. The first-order valence-corrected chi connectivity index (χ1v) is 15.8. The molecular weight excluding hydrogens is 642 g/mol. The van der Waals surface area contributed by atoms with Gasteiger partial charge in [0.05, 0.1) is 24.0 Å². The second-order valence-electron chi connectivity index (χ2n) is 12.2. The van der Waals surface area contributed by atoms with Crippen molar-refractivity contribution < 1.29 is 31.8 Å². The lowest BCUT2D eigenvalue weighted by Crippen LogP contribution is -2.42. The van der Waals surface area contributed by atoms with Crippen molar-refractivity contribution in [2.24, 2.45) is 0 Å². The molecule has 0 unspecified atom stereocenters. The third kappa shape index (κ3) is 6.33. The van der Waals surface area contributed by atoms with E-state index in [2.05, 4.69) is 30.1 Å². The van der Waals surface area contributed by atoms with Crippen LogP contribution in [0.1, 0.15) is 55.3 Å². The van der Waals surface area contributed by atoms with Gasteiger partial charge in [0.1, 0.15) is 17.2 Å². The van der Waals surface area contributed by atoms with Gasteiger partial charge in [0.15, 0.2) is 11.5 Å². The maximum atomic E-state index is 14.8. The van der Waals surface area contributed by atoms with Crippen molar-refractivity contribution in [3.8, 4) is 23.0 Å². The summed E-state index contributed by atoms with van der Waals surface area (Å²) in [6, 6.07) is 11.9. The van der Waals surface area contributed by atoms with Gasteiger partial charge in [-0.05, 0) is 69.1 Å². The number of piperidine rings is 1. The number of likely N-dealkylation sites (tertiary alicyclic amines) is 1. The molecule has 10 nitrogen and oxygen atoms in total. The van der Waals surface area contributed by atoms with Crippen molar-refractivity contribution in [1.82, 2.24) is 30.3 Å². The van der Waals surface area contributed by atoms with Gasteiger partial charge in [0, 0.05) is 37.1 Å². The summed E-state index contributed by atoms with van der Waals surface area (Å²) in [6.45, 7) is 7.41. The van der Waals surface area contributed by atoms with Crippen LogP contribution in [0.4, 0.5) is 23.2 Å². The van der Waals surface area contributed by atoms with Crippen molar-refractivity contribution >= 4 is 17.3 Å². The van der Waals surface area contributed by atoms with E-state index in [0.717, 1.165) is 37.2 Å². The smallest absolute Gasteiger partial charge is 0.444 e. The molecule has 2 fully saturated rings. The molecule has 2 atom stereocenters. The number of rotatable bonds is 6. The fourth-order valence-corrected chi connectivity index (χ4v) is 6.65. The van der Waals surface area contributed by atoms with Gasteiger partial charge in [-0.2, -0.15) is 23.4 Å². The van der Waals surface area contributed by atoms with Crippen LogP contribution in [0.3, 0.4) is 0 Å². The van der Waals surface area contributed by atoms with Crippen LogP contribution in [0.2, 0.25) is 5.02 Å². The van der Waals surface area contributed by atoms with Crippen LogP contribution < -0.4 is 14.4 Å². The number of nitrogens with one attached hydrogen (secondary N) is 1. The SMILES string of the molecule is C[C@H]1CN(c2cc(-c3n[nH]c(C(F)(F)F)n3)nnc2CN2CCC(c3cccc4c3O[C@@](C)(c3ccc(Cl)cc3F)O4)CC2)CCO1. The summed E-state index contributed by atoms with van der Waals surface area (Å²) in [6.07, 6.45) is -3.01. The Morgan fingerprint density at radius 2 is 1.87 bits per heavy atom. The molecule has 0 amide bonds. The molecule has 0 radical (unpaired) electrons. The summed E-state index contributed by atoms with van der Waals surface area (Å²) < 4.78 is 72.5. The average Bonchev–Trinajstić information content (AvgIpc) is 3.67. The number of hydrogen-bond acceptors (Lipinski definition) is 9. The highest BCUT2D eigenvalue weighted by atomic mass is 35.5. The number of aromatic amines is 1. The quantitative estimate of drug-likeness (QED) is 0.236. The van der Waals surface area contributed by atoms with Crippen molar-refractivity contribution in [3.05, 3.63) is 75.9 Å². The third-order valence-electron chi connectivity index (χ3n) is 8.84. The monoisotopic (exact) mass is 673 g/mol. The number of para-hydroxylation sites is 1. The second kappa shape index (κ2) is 12.2. The molecule has 3 aliphatic rings. The zero-order valence-corrected chi connectivity index (χ0v) is 26.4. The summed E-state index contributed by atoms with van der Waals surface area (Å²) in [5.74, 6) is -1.82. The van der Waals surface area contributed by atoms with Crippen LogP contribution in [-0.2, 0) is 23.2 Å². The van der Waals surface area contributed by atoms with E-state index >= 15 is 0 Å². The largest absolute Gasteiger partial charge is 0.451 e. The van der Waals surface area contributed by atoms with Crippen LogP contribution >= 0.6 is 11.6 Å². The highest BCUT2D eigenvalue weighted by molar-refractivity contribution is 6.30. The number of ether oxygens (including phenoxy) is 3. The van der Waals surface area contributed by atoms with E-state index < -0.39 is 23.6 Å². The maximum Gasteiger partial charge on any atom is 0.451 e. The van der Waals surface area contributed by atoms with Gasteiger partial charge in [-0.3, -0.25) is 10.00 Å². The van der Waals surface area contributed by atoms with E-state index in [1.807, 2.05) is 30.2 Å². The summed E-state index contributed by atoms with van der Waals surface area (Å²) >= 11 is 5.97. The normalized spacial score (nSPS) is 22.2. The molecule has 0 saturated carbocycles. The van der Waals surface area contributed by atoms with Crippen molar-refractivity contribution in [3.63, 3.8) is 0 Å². The Kier molecular flexibility index (Phi) is 8.21. The lowest BCUT2D eigenvalue weighted by molar-refractivity contribution is -0.144. The Balaban J connectivity index is 1.08. The van der Waals surface area contributed by atoms with Crippen molar-refractivity contribution in [1.29, 1.82) is 0 Å². The highest BCUT2D eigenvalue weighted by Crippen LogP contribution is 2.50. The van der Waals surface area contributed by atoms with Gasteiger partial charge in [0.2, 0.25) is 11.6 Å². The van der Waals surface area contributed by atoms with Crippen LogP contribution in [0.5, 0.6) is 11.5 Å². The van der Waals surface area contributed by atoms with Crippen molar-refractivity contribution in [2.75, 3.05) is 37.7 Å². The Morgan fingerprint density at radius 3 is 2.60 bits per heavy atom. The van der Waals surface area contributed by atoms with E-state index in [0.29, 0.717) is 48.5 Å². The molecule has 0 spiro atoms. The Morgan fingerprint density at radius 1 is 1.06 bits per heavy atom. The van der Waals surface area contributed by atoms with Gasteiger partial charge in [-0.15, -0.1) is 5.10 Å².